The van der Waals surface area contributed by atoms with Gasteiger partial charge in [-0.25, -0.2) is 9.18 Å². The van der Waals surface area contributed by atoms with Gasteiger partial charge in [-0.05, 0) is 30.5 Å². The van der Waals surface area contributed by atoms with Crippen LogP contribution >= 0.6 is 0 Å². The number of aromatic hydroxyl groups is 1. The fourth-order valence-corrected chi connectivity index (χ4v) is 2.43. The molecule has 6 heteroatoms. The molecule has 0 amide bonds. The maximum atomic E-state index is 13.5. The fraction of sp³-hybridized carbons (Fsp3) is 0.412. The molecule has 1 aromatic heterocycles. The van der Waals surface area contributed by atoms with E-state index < -0.39 is 17.3 Å². The van der Waals surface area contributed by atoms with E-state index in [0.717, 1.165) is 16.7 Å². The number of benzene rings is 1. The highest BCUT2D eigenvalue weighted by Gasteiger charge is 2.26. The lowest BCUT2D eigenvalue weighted by Gasteiger charge is -2.23. The summed E-state index contributed by atoms with van der Waals surface area (Å²) in [5.74, 6) is -1.74. The molecule has 2 rings (SSSR count). The quantitative estimate of drug-likeness (QED) is 0.882. The van der Waals surface area contributed by atoms with Crippen LogP contribution in [0.5, 0.6) is 5.75 Å². The van der Waals surface area contributed by atoms with E-state index in [4.69, 9.17) is 4.74 Å². The van der Waals surface area contributed by atoms with Crippen LogP contribution in [0.2, 0.25) is 0 Å². The Bertz CT molecular complexity index is 818. The van der Waals surface area contributed by atoms with Gasteiger partial charge < -0.3 is 9.84 Å². The van der Waals surface area contributed by atoms with Gasteiger partial charge in [0.2, 0.25) is 0 Å². The number of esters is 1. The Kier molecular flexibility index (Phi) is 4.45. The Hall–Kier alpha value is -2.37. The normalized spacial score (nSPS) is 11.7. The van der Waals surface area contributed by atoms with Gasteiger partial charge >= 0.3 is 5.97 Å². The van der Waals surface area contributed by atoms with Crippen LogP contribution in [0.25, 0.3) is 10.8 Å². The van der Waals surface area contributed by atoms with Crippen molar-refractivity contribution in [3.63, 3.8) is 0 Å². The van der Waals surface area contributed by atoms with E-state index in [0.29, 0.717) is 0 Å². The molecular weight excluding hydrogens is 301 g/mol. The highest BCUT2D eigenvalue weighted by Crippen LogP contribution is 2.29. The van der Waals surface area contributed by atoms with E-state index in [9.17, 15) is 19.1 Å². The number of pyridine rings is 1. The van der Waals surface area contributed by atoms with E-state index in [1.54, 1.807) is 6.92 Å². The fourth-order valence-electron chi connectivity index (χ4n) is 2.43. The molecule has 0 aliphatic rings. The van der Waals surface area contributed by atoms with Crippen molar-refractivity contribution in [3.05, 3.63) is 40.1 Å². The van der Waals surface area contributed by atoms with Gasteiger partial charge in [0.05, 0.1) is 12.0 Å². The molecule has 124 valence electrons. The third-order valence-corrected chi connectivity index (χ3v) is 3.31. The summed E-state index contributed by atoms with van der Waals surface area (Å²) >= 11 is 0. The van der Waals surface area contributed by atoms with Crippen LogP contribution in [-0.4, -0.2) is 22.2 Å². The van der Waals surface area contributed by atoms with Crippen LogP contribution in [0.3, 0.4) is 0 Å². The van der Waals surface area contributed by atoms with Gasteiger partial charge in [0.25, 0.3) is 5.56 Å². The molecule has 0 radical (unpaired) electrons. The number of halogens is 1. The van der Waals surface area contributed by atoms with Gasteiger partial charge in [-0.15, -0.1) is 0 Å². The van der Waals surface area contributed by atoms with Crippen molar-refractivity contribution in [2.24, 2.45) is 5.41 Å². The summed E-state index contributed by atoms with van der Waals surface area (Å²) in [4.78, 5) is 24.9. The van der Waals surface area contributed by atoms with Crippen LogP contribution in [0, 0.1) is 11.2 Å². The van der Waals surface area contributed by atoms with Crippen molar-refractivity contribution >= 4 is 16.7 Å². The lowest BCUT2D eigenvalue weighted by molar-refractivity contribution is 0.0506. The first kappa shape index (κ1) is 17.0. The molecule has 0 saturated heterocycles. The number of aromatic nitrogens is 1. The average Bonchev–Trinajstić information content (AvgIpc) is 2.43. The van der Waals surface area contributed by atoms with Crippen molar-refractivity contribution in [1.29, 1.82) is 0 Å². The molecule has 0 aliphatic carbocycles. The van der Waals surface area contributed by atoms with Gasteiger partial charge in [-0.2, -0.15) is 0 Å². The van der Waals surface area contributed by atoms with Gasteiger partial charge in [0.1, 0.15) is 5.82 Å². The molecule has 0 atom stereocenters. The van der Waals surface area contributed by atoms with Gasteiger partial charge in [-0.3, -0.25) is 9.36 Å². The number of nitrogens with zero attached hydrogens (tertiary/aromatic N) is 1. The van der Waals surface area contributed by atoms with Crippen molar-refractivity contribution in [3.8, 4) is 5.75 Å². The average molecular weight is 321 g/mol. The molecule has 1 aromatic carbocycles. The minimum absolute atomic E-state index is 0.0276. The first-order chi connectivity index (χ1) is 10.7. The Morgan fingerprint density at radius 3 is 2.52 bits per heavy atom. The second-order valence-corrected chi connectivity index (χ2v) is 6.56. The molecule has 0 spiro atoms. The van der Waals surface area contributed by atoms with Crippen LogP contribution in [0.15, 0.2) is 23.0 Å². The van der Waals surface area contributed by atoms with Crippen LogP contribution in [0.1, 0.15) is 38.2 Å². The predicted octanol–water partition coefficient (Wildman–Crippen LogP) is 3.07. The van der Waals surface area contributed by atoms with Gasteiger partial charge in [-0.1, -0.05) is 20.8 Å². The molecule has 0 fully saturated rings. The smallest absolute Gasteiger partial charge is 0.358 e. The summed E-state index contributed by atoms with van der Waals surface area (Å²) in [5.41, 5.74) is -1.07. The van der Waals surface area contributed by atoms with Crippen LogP contribution < -0.4 is 5.56 Å². The first-order valence-corrected chi connectivity index (χ1v) is 7.38. The summed E-state index contributed by atoms with van der Waals surface area (Å²) in [5, 5.41) is 10.6. The summed E-state index contributed by atoms with van der Waals surface area (Å²) in [6, 6.07) is 3.47. The lowest BCUT2D eigenvalue weighted by atomic mass is 9.96. The van der Waals surface area contributed by atoms with Crippen molar-refractivity contribution in [2.45, 2.75) is 34.2 Å². The highest BCUT2D eigenvalue weighted by molar-refractivity contribution is 5.99. The second kappa shape index (κ2) is 6.02. The van der Waals surface area contributed by atoms with Crippen molar-refractivity contribution in [1.82, 2.24) is 4.57 Å². The van der Waals surface area contributed by atoms with Gasteiger partial charge in [0, 0.05) is 11.9 Å². The number of ether oxygens (including phenoxy) is 1. The zero-order chi connectivity index (χ0) is 17.4. The predicted molar refractivity (Wildman–Crippen MR) is 85.2 cm³/mol. The monoisotopic (exact) mass is 321 g/mol. The Balaban J connectivity index is 2.87. The first-order valence-electron chi connectivity index (χ1n) is 7.38. The van der Waals surface area contributed by atoms with Crippen molar-refractivity contribution in [2.75, 3.05) is 6.61 Å². The molecular formula is C17H20FNO4. The number of hydrogen-bond acceptors (Lipinski definition) is 4. The molecule has 1 heterocycles. The van der Waals surface area contributed by atoms with Crippen molar-refractivity contribution < 1.29 is 19.0 Å². The molecule has 5 nitrogen and oxygen atoms in total. The van der Waals surface area contributed by atoms with E-state index in [2.05, 4.69) is 0 Å². The zero-order valence-electron chi connectivity index (χ0n) is 13.6. The number of rotatable bonds is 3. The Labute approximate surface area is 133 Å². The highest BCUT2D eigenvalue weighted by atomic mass is 19.1. The summed E-state index contributed by atoms with van der Waals surface area (Å²) < 4.78 is 19.6. The molecule has 1 N–H and O–H groups in total. The Morgan fingerprint density at radius 2 is 1.96 bits per heavy atom. The summed E-state index contributed by atoms with van der Waals surface area (Å²) in [6.45, 7) is 7.60. The lowest BCUT2D eigenvalue weighted by Crippen LogP contribution is -2.32. The number of hydrogen-bond donors (Lipinski definition) is 1. The van der Waals surface area contributed by atoms with Crippen LogP contribution in [-0.2, 0) is 11.3 Å². The zero-order valence-corrected chi connectivity index (χ0v) is 13.6. The minimum atomic E-state index is -0.780. The number of carbonyl (C=O) groups is 1. The third kappa shape index (κ3) is 3.36. The van der Waals surface area contributed by atoms with E-state index in [1.807, 2.05) is 20.8 Å². The standard InChI is InChI=1S/C17H20FNO4/c1-5-23-16(22)13-14(20)11-7-6-10(18)8-12(11)15(21)19(13)9-17(2,3)4/h6-8,20H,5,9H2,1-4H3. The van der Waals surface area contributed by atoms with E-state index in [1.165, 1.54) is 6.07 Å². The Morgan fingerprint density at radius 1 is 1.30 bits per heavy atom. The van der Waals surface area contributed by atoms with E-state index in [-0.39, 0.29) is 40.8 Å². The minimum Gasteiger partial charge on any atom is -0.505 e. The number of fused-ring (bicyclic) bond motifs is 1. The number of carbonyl (C=O) groups excluding carboxylic acids is 1. The third-order valence-electron chi connectivity index (χ3n) is 3.31. The molecule has 0 unspecified atom stereocenters. The summed E-state index contributed by atoms with van der Waals surface area (Å²) in [6.07, 6.45) is 0. The topological polar surface area (TPSA) is 68.5 Å². The van der Waals surface area contributed by atoms with Crippen LogP contribution in [0.4, 0.5) is 4.39 Å². The maximum Gasteiger partial charge on any atom is 0.358 e. The largest absolute Gasteiger partial charge is 0.505 e. The second-order valence-electron chi connectivity index (χ2n) is 6.56. The molecule has 2 aromatic rings. The molecule has 23 heavy (non-hydrogen) atoms. The SMILES string of the molecule is CCOC(=O)c1c(O)c2ccc(F)cc2c(=O)n1CC(C)(C)C. The van der Waals surface area contributed by atoms with E-state index >= 15 is 0 Å². The van der Waals surface area contributed by atoms with Gasteiger partial charge in [0.15, 0.2) is 11.4 Å². The summed E-state index contributed by atoms with van der Waals surface area (Å²) in [7, 11) is 0. The maximum absolute atomic E-state index is 13.5. The molecule has 0 aliphatic heterocycles. The molecule has 0 bridgehead atoms. The molecule has 0 saturated carbocycles.